The predicted octanol–water partition coefficient (Wildman–Crippen LogP) is 6.11. The van der Waals surface area contributed by atoms with Gasteiger partial charge < -0.3 is 10.6 Å². The zero-order valence-electron chi connectivity index (χ0n) is 16.2. The zero-order valence-corrected chi connectivity index (χ0v) is 17.0. The monoisotopic (exact) mass is 381 g/mol. The second-order valence-corrected chi connectivity index (χ2v) is 7.48. The van der Waals surface area contributed by atoms with Crippen molar-refractivity contribution in [2.45, 2.75) is 46.0 Å². The number of benzene rings is 1. The second kappa shape index (κ2) is 9.09. The first kappa shape index (κ1) is 19.5. The molecular weight excluding hydrogens is 354 g/mol. The molecule has 0 amide bonds. The van der Waals surface area contributed by atoms with Crippen LogP contribution < -0.4 is 10.6 Å². The third kappa shape index (κ3) is 4.92. The summed E-state index contributed by atoms with van der Waals surface area (Å²) < 4.78 is 0. The molecule has 2 aromatic rings. The van der Waals surface area contributed by atoms with Gasteiger partial charge in [-0.2, -0.15) is 0 Å². The first-order valence-corrected chi connectivity index (χ1v) is 10.1. The lowest BCUT2D eigenvalue weighted by molar-refractivity contribution is 0.670. The molecule has 2 N–H and O–H groups in total. The molecule has 0 aliphatic heterocycles. The van der Waals surface area contributed by atoms with Gasteiger partial charge >= 0.3 is 0 Å². The number of nitrogens with one attached hydrogen (secondary N) is 2. The van der Waals surface area contributed by atoms with E-state index >= 15 is 0 Å². The maximum atomic E-state index is 6.42. The van der Waals surface area contributed by atoms with Crippen LogP contribution in [0.25, 0.3) is 11.3 Å². The zero-order chi connectivity index (χ0) is 19.2. The second-order valence-electron chi connectivity index (χ2n) is 7.07. The Kier molecular flexibility index (Phi) is 6.57. The molecule has 0 radical (unpaired) electrons. The Balaban J connectivity index is 1.93. The Labute approximate surface area is 167 Å². The molecule has 0 unspecified atom stereocenters. The molecule has 0 spiro atoms. The van der Waals surface area contributed by atoms with Crippen molar-refractivity contribution in [2.75, 3.05) is 11.9 Å². The minimum atomic E-state index is 0.727. The minimum absolute atomic E-state index is 0.727. The molecule has 0 atom stereocenters. The number of anilines is 1. The summed E-state index contributed by atoms with van der Waals surface area (Å²) in [6, 6.07) is 9.99. The molecule has 1 aliphatic rings. The lowest BCUT2D eigenvalue weighted by Crippen LogP contribution is -2.13. The molecule has 1 aromatic heterocycles. The van der Waals surface area contributed by atoms with Crippen LogP contribution in [0.5, 0.6) is 0 Å². The number of pyridine rings is 1. The summed E-state index contributed by atoms with van der Waals surface area (Å²) in [5.74, 6) is 0. The van der Waals surface area contributed by atoms with Gasteiger partial charge in [-0.15, -0.1) is 0 Å². The van der Waals surface area contributed by atoms with Gasteiger partial charge in [0.1, 0.15) is 0 Å². The van der Waals surface area contributed by atoms with E-state index in [0.29, 0.717) is 0 Å². The molecule has 1 aromatic carbocycles. The maximum Gasteiger partial charge on any atom is 0.0741 e. The Morgan fingerprint density at radius 3 is 2.81 bits per heavy atom. The SMILES string of the molecule is C=C(/C=C(/C)NCCC)Nc1cc(-c2ccccc2Cl)nc2c1CCCC2. The predicted molar refractivity (Wildman–Crippen MR) is 116 cm³/mol. The highest BCUT2D eigenvalue weighted by molar-refractivity contribution is 6.33. The van der Waals surface area contributed by atoms with Gasteiger partial charge in [-0.3, -0.25) is 4.98 Å². The van der Waals surface area contributed by atoms with Gasteiger partial charge in [-0.1, -0.05) is 43.3 Å². The lowest BCUT2D eigenvalue weighted by Gasteiger charge is -2.21. The van der Waals surface area contributed by atoms with Gasteiger partial charge in [-0.25, -0.2) is 0 Å². The Morgan fingerprint density at radius 2 is 2.04 bits per heavy atom. The van der Waals surface area contributed by atoms with Crippen molar-refractivity contribution in [1.29, 1.82) is 0 Å². The summed E-state index contributed by atoms with van der Waals surface area (Å²) in [5, 5.41) is 7.63. The normalized spacial score (nSPS) is 13.8. The topological polar surface area (TPSA) is 37.0 Å². The summed E-state index contributed by atoms with van der Waals surface area (Å²) in [5.41, 5.74) is 7.46. The van der Waals surface area contributed by atoms with Crippen molar-refractivity contribution in [3.63, 3.8) is 0 Å². The van der Waals surface area contributed by atoms with Crippen molar-refractivity contribution in [3.8, 4) is 11.3 Å². The summed E-state index contributed by atoms with van der Waals surface area (Å²) in [6.07, 6.45) is 7.62. The number of halogens is 1. The number of fused-ring (bicyclic) bond motifs is 1. The number of hydrogen-bond donors (Lipinski definition) is 2. The molecule has 0 bridgehead atoms. The standard InChI is InChI=1S/C23H28ClN3/c1-4-13-25-16(2)14-17(3)26-23-15-22(18-9-5-7-11-20(18)24)27-21-12-8-6-10-19(21)23/h5,7,9,11,14-15,25H,3-4,6,8,10,12-13H2,1-2H3,(H,26,27)/b16-14-. The Morgan fingerprint density at radius 1 is 1.26 bits per heavy atom. The first-order valence-electron chi connectivity index (χ1n) is 9.74. The van der Waals surface area contributed by atoms with Gasteiger partial charge in [0.25, 0.3) is 0 Å². The largest absolute Gasteiger partial charge is 0.389 e. The van der Waals surface area contributed by atoms with Crippen molar-refractivity contribution in [3.05, 3.63) is 70.7 Å². The van der Waals surface area contributed by atoms with Crippen LogP contribution in [0.1, 0.15) is 44.4 Å². The highest BCUT2D eigenvalue weighted by Gasteiger charge is 2.18. The number of rotatable bonds is 7. The van der Waals surface area contributed by atoms with Gasteiger partial charge in [0.05, 0.1) is 5.69 Å². The van der Waals surface area contributed by atoms with Gasteiger partial charge in [0, 0.05) is 39.9 Å². The van der Waals surface area contributed by atoms with Gasteiger partial charge in [0.2, 0.25) is 0 Å². The fraction of sp³-hybridized carbons (Fsp3) is 0.348. The molecule has 1 aliphatic carbocycles. The van der Waals surface area contributed by atoms with E-state index in [4.69, 9.17) is 16.6 Å². The summed E-state index contributed by atoms with van der Waals surface area (Å²) in [6.45, 7) is 9.39. The van der Waals surface area contributed by atoms with Crippen LogP contribution in [-0.2, 0) is 12.8 Å². The molecule has 0 saturated heterocycles. The van der Waals surface area contributed by atoms with E-state index in [9.17, 15) is 0 Å². The van der Waals surface area contributed by atoms with Crippen LogP contribution in [0.15, 0.2) is 54.4 Å². The van der Waals surface area contributed by atoms with E-state index in [1.807, 2.05) is 24.3 Å². The van der Waals surface area contributed by atoms with Crippen LogP contribution in [0.3, 0.4) is 0 Å². The van der Waals surface area contributed by atoms with Gasteiger partial charge in [-0.05, 0) is 62.8 Å². The summed E-state index contributed by atoms with van der Waals surface area (Å²) >= 11 is 6.42. The third-order valence-corrected chi connectivity index (χ3v) is 5.12. The molecular formula is C23H28ClN3. The van der Waals surface area contributed by atoms with Crippen molar-refractivity contribution in [1.82, 2.24) is 10.3 Å². The highest BCUT2D eigenvalue weighted by atomic mass is 35.5. The molecule has 3 rings (SSSR count). The fourth-order valence-corrected chi connectivity index (χ4v) is 3.70. The van der Waals surface area contributed by atoms with E-state index in [-0.39, 0.29) is 0 Å². The fourth-order valence-electron chi connectivity index (χ4n) is 3.47. The van der Waals surface area contributed by atoms with Gasteiger partial charge in [0.15, 0.2) is 0 Å². The average Bonchev–Trinajstić information content (AvgIpc) is 2.66. The van der Waals surface area contributed by atoms with Crippen LogP contribution in [0.2, 0.25) is 5.02 Å². The number of aryl methyl sites for hydroxylation is 1. The van der Waals surface area contributed by atoms with E-state index in [1.165, 1.54) is 24.1 Å². The molecule has 142 valence electrons. The highest BCUT2D eigenvalue weighted by Crippen LogP contribution is 2.34. The molecule has 27 heavy (non-hydrogen) atoms. The third-order valence-electron chi connectivity index (χ3n) is 4.79. The Hall–Kier alpha value is -2.26. The van der Waals surface area contributed by atoms with E-state index < -0.39 is 0 Å². The van der Waals surface area contributed by atoms with Crippen molar-refractivity contribution < 1.29 is 0 Å². The van der Waals surface area contributed by atoms with E-state index in [2.05, 4.69) is 43.2 Å². The Bertz CT molecular complexity index is 855. The smallest absolute Gasteiger partial charge is 0.0741 e. The first-order chi connectivity index (χ1) is 13.1. The molecule has 3 nitrogen and oxygen atoms in total. The number of allylic oxidation sites excluding steroid dienone is 2. The van der Waals surface area contributed by atoms with E-state index in [1.54, 1.807) is 0 Å². The van der Waals surface area contributed by atoms with Crippen LogP contribution in [-0.4, -0.2) is 11.5 Å². The summed E-state index contributed by atoms with van der Waals surface area (Å²) in [4.78, 5) is 4.93. The minimum Gasteiger partial charge on any atom is -0.389 e. The number of aromatic nitrogens is 1. The molecule has 1 heterocycles. The van der Waals surface area contributed by atoms with Crippen LogP contribution in [0, 0.1) is 0 Å². The quantitative estimate of drug-likeness (QED) is 0.568. The lowest BCUT2D eigenvalue weighted by atomic mass is 9.93. The van der Waals surface area contributed by atoms with Crippen molar-refractivity contribution >= 4 is 17.3 Å². The average molecular weight is 382 g/mol. The van der Waals surface area contributed by atoms with Crippen LogP contribution >= 0.6 is 11.6 Å². The maximum absolute atomic E-state index is 6.42. The molecule has 4 heteroatoms. The number of hydrogen-bond acceptors (Lipinski definition) is 3. The molecule has 0 fully saturated rings. The van der Waals surface area contributed by atoms with Crippen LogP contribution in [0.4, 0.5) is 5.69 Å². The number of nitrogens with zero attached hydrogens (tertiary/aromatic N) is 1. The van der Waals surface area contributed by atoms with E-state index in [0.717, 1.165) is 59.2 Å². The summed E-state index contributed by atoms with van der Waals surface area (Å²) in [7, 11) is 0. The van der Waals surface area contributed by atoms with Crippen molar-refractivity contribution in [2.24, 2.45) is 0 Å². The molecule has 0 saturated carbocycles.